The van der Waals surface area contributed by atoms with Crippen molar-refractivity contribution in [2.75, 3.05) is 0 Å². The molecule has 0 heterocycles. The molecule has 40 valence electrons. The van der Waals surface area contributed by atoms with Crippen LogP contribution in [0.2, 0.25) is 0 Å². The molecule has 0 amide bonds. The Labute approximate surface area is 38.9 Å². The Hall–Kier alpha value is 0.479. The van der Waals surface area contributed by atoms with Gasteiger partial charge in [0.1, 0.15) is 0 Å². The number of hydrogen-bond donors (Lipinski definition) is 1. The molecule has 6 heteroatoms. The van der Waals surface area contributed by atoms with Gasteiger partial charge in [0, 0.05) is 0 Å². The summed E-state index contributed by atoms with van der Waals surface area (Å²) in [6.45, 7) is 0. The summed E-state index contributed by atoms with van der Waals surface area (Å²) < 4.78 is 39.6. The van der Waals surface area contributed by atoms with Crippen molar-refractivity contribution in [2.24, 2.45) is 0 Å². The van der Waals surface area contributed by atoms with Crippen molar-refractivity contribution >= 4 is 20.7 Å². The first-order valence-corrected chi connectivity index (χ1v) is 5.07. The van der Waals surface area contributed by atoms with E-state index in [1.807, 2.05) is 0 Å². The van der Waals surface area contributed by atoms with E-state index in [9.17, 15) is 11.5 Å². The molecule has 3 N–H and O–H groups in total. The number of hydrogen-bond acceptors (Lipinski definition) is 1. The van der Waals surface area contributed by atoms with Crippen molar-refractivity contribution in [3.8, 4) is 0 Å². The summed E-state index contributed by atoms with van der Waals surface area (Å²) in [5.74, 6) is 0. The van der Waals surface area contributed by atoms with Crippen molar-refractivity contribution in [3.05, 3.63) is 0 Å². The fourth-order valence-electron chi connectivity index (χ4n) is 0. The van der Waals surface area contributed by atoms with E-state index in [-0.39, 0.29) is 6.15 Å². The van der Waals surface area contributed by atoms with Crippen LogP contribution in [0.4, 0.5) is 11.5 Å². The van der Waals surface area contributed by atoms with Crippen LogP contribution in [0.15, 0.2) is 0 Å². The van der Waals surface area contributed by atoms with E-state index in [1.165, 1.54) is 0 Å². The molecule has 0 radical (unpaired) electrons. The molecule has 1 nitrogen and oxygen atoms in total. The first-order chi connectivity index (χ1) is 2.00. The van der Waals surface area contributed by atoms with Gasteiger partial charge in [-0.3, -0.25) is 0 Å². The van der Waals surface area contributed by atoms with Crippen LogP contribution in [0.5, 0.6) is 0 Å². The summed E-state index contributed by atoms with van der Waals surface area (Å²) >= 11 is -7.18. The molecule has 0 aliphatic heterocycles. The molecule has 0 unspecified atom stereocenters. The Morgan fingerprint density at radius 1 is 0.833 bits per heavy atom. The second-order valence-corrected chi connectivity index (χ2v) is 2.87. The van der Waals surface area contributed by atoms with Gasteiger partial charge in [-0.25, -0.2) is 0 Å². The van der Waals surface area contributed by atoms with Crippen LogP contribution in [0, 0.1) is 0 Å². The second-order valence-electron chi connectivity index (χ2n) is 0.429. The first-order valence-electron chi connectivity index (χ1n) is 0.756. The van der Waals surface area contributed by atoms with E-state index in [2.05, 4.69) is 0 Å². The second kappa shape index (κ2) is 2.62. The summed E-state index contributed by atoms with van der Waals surface area (Å²) in [6, 6.07) is 0. The van der Waals surface area contributed by atoms with Gasteiger partial charge in [-0.1, -0.05) is 0 Å². The Morgan fingerprint density at radius 3 is 0.833 bits per heavy atom. The quantitative estimate of drug-likeness (QED) is 0.478. The van der Waals surface area contributed by atoms with E-state index in [0.717, 1.165) is 0 Å². The minimum atomic E-state index is -7.18. The molecule has 0 spiro atoms. The predicted octanol–water partition coefficient (Wildman–Crippen LogP) is 1.46. The van der Waals surface area contributed by atoms with Crippen LogP contribution in [0.1, 0.15) is 0 Å². The average Bonchev–Trinajstić information content (AvgIpc) is 0.722. The summed E-state index contributed by atoms with van der Waals surface area (Å²) in [5.41, 5.74) is 0. The van der Waals surface area contributed by atoms with E-state index < -0.39 is 20.7 Å². The van der Waals surface area contributed by atoms with E-state index in [0.29, 0.717) is 0 Å². The van der Waals surface area contributed by atoms with Crippen molar-refractivity contribution in [3.63, 3.8) is 0 Å². The van der Waals surface area contributed by atoms with E-state index in [4.69, 9.17) is 0 Å². The molecule has 0 aromatic carbocycles. The third kappa shape index (κ3) is 237. The predicted molar refractivity (Wildman–Crippen MR) is 15.2 cm³/mol. The topological polar surface area (TPSA) is 35.0 Å². The molecule has 6 heavy (non-hydrogen) atoms. The van der Waals surface area contributed by atoms with Crippen LogP contribution in [0.25, 0.3) is 0 Å². The van der Waals surface area contributed by atoms with Gasteiger partial charge in [-0.15, -0.1) is 0 Å². The third-order valence-corrected chi connectivity index (χ3v) is 0. The monoisotopic (exact) mass is 213 g/mol. The molecular weight excluding hydrogens is 209 g/mol. The van der Waals surface area contributed by atoms with Gasteiger partial charge >= 0.3 is 32.1 Å². The zero-order valence-corrected chi connectivity index (χ0v) is 5.57. The number of halogens is 4. The summed E-state index contributed by atoms with van der Waals surface area (Å²) in [4.78, 5) is 0. The maximum absolute atomic E-state index is 9.90. The van der Waals surface area contributed by atoms with Crippen molar-refractivity contribution in [1.29, 1.82) is 0 Å². The average molecular weight is 212 g/mol. The molecular formula is H3F4NSn. The summed E-state index contributed by atoms with van der Waals surface area (Å²) in [5, 5.41) is 0. The molecule has 0 saturated heterocycles. The Kier molecular flexibility index (Phi) is 4.23. The van der Waals surface area contributed by atoms with Gasteiger partial charge in [0.25, 0.3) is 0 Å². The Balaban J connectivity index is 0. The maximum atomic E-state index is 9.90. The zero-order chi connectivity index (χ0) is 4.50. The van der Waals surface area contributed by atoms with Crippen molar-refractivity contribution in [1.82, 2.24) is 6.15 Å². The van der Waals surface area contributed by atoms with Gasteiger partial charge in [-0.05, 0) is 0 Å². The normalized spacial score (nSPS) is 10.0. The fourth-order valence-corrected chi connectivity index (χ4v) is 0. The van der Waals surface area contributed by atoms with Gasteiger partial charge in [0.15, 0.2) is 0 Å². The van der Waals surface area contributed by atoms with Crippen LogP contribution in [0.3, 0.4) is 0 Å². The first kappa shape index (κ1) is 9.69. The molecule has 0 fully saturated rings. The van der Waals surface area contributed by atoms with Crippen LogP contribution in [-0.4, -0.2) is 20.7 Å². The molecule has 0 aromatic rings. The van der Waals surface area contributed by atoms with Crippen molar-refractivity contribution in [2.45, 2.75) is 0 Å². The summed E-state index contributed by atoms with van der Waals surface area (Å²) in [6.07, 6.45) is 0. The van der Waals surface area contributed by atoms with E-state index in [1.54, 1.807) is 0 Å². The zero-order valence-electron chi connectivity index (χ0n) is 2.72. The molecule has 0 atom stereocenters. The minimum absolute atomic E-state index is 0. The molecule has 0 aliphatic rings. The van der Waals surface area contributed by atoms with Crippen LogP contribution in [-0.2, 0) is 0 Å². The van der Waals surface area contributed by atoms with Crippen LogP contribution >= 0.6 is 0 Å². The van der Waals surface area contributed by atoms with Gasteiger partial charge in [0.05, 0.1) is 0 Å². The van der Waals surface area contributed by atoms with Crippen LogP contribution < -0.4 is 6.15 Å². The van der Waals surface area contributed by atoms with Crippen molar-refractivity contribution < 1.29 is 11.5 Å². The SMILES string of the molecule is N.[F][Sn]([F])([F])[F]. The molecule has 0 bridgehead atoms. The van der Waals surface area contributed by atoms with Gasteiger partial charge in [0.2, 0.25) is 0 Å². The fraction of sp³-hybridized carbons (Fsp3) is 0. The molecule has 0 aromatic heterocycles. The third-order valence-electron chi connectivity index (χ3n) is 0. The Morgan fingerprint density at radius 2 is 0.833 bits per heavy atom. The summed E-state index contributed by atoms with van der Waals surface area (Å²) in [7, 11) is 0. The molecule has 0 saturated carbocycles. The standard InChI is InChI=1S/4FH.H3N.Sn/h4*1H;1H3;/q;;;;;+4/p-4. The molecule has 0 aliphatic carbocycles. The van der Waals surface area contributed by atoms with Gasteiger partial charge < -0.3 is 6.15 Å². The Bertz CT molecular complexity index is 23.0. The number of rotatable bonds is 0. The van der Waals surface area contributed by atoms with Gasteiger partial charge in [-0.2, -0.15) is 0 Å². The molecule has 0 rings (SSSR count). The van der Waals surface area contributed by atoms with E-state index >= 15 is 0 Å².